The van der Waals surface area contributed by atoms with E-state index in [0.29, 0.717) is 5.56 Å². The number of alkyl halides is 2. The molecule has 0 heterocycles. The van der Waals surface area contributed by atoms with E-state index in [1.807, 2.05) is 0 Å². The van der Waals surface area contributed by atoms with Crippen molar-refractivity contribution >= 4 is 35.2 Å². The van der Waals surface area contributed by atoms with Gasteiger partial charge in [-0.1, -0.05) is 48.0 Å². The Kier molecular flexibility index (Phi) is 8.97. The van der Waals surface area contributed by atoms with Crippen LogP contribution < -0.4 is 4.74 Å². The van der Waals surface area contributed by atoms with Crippen molar-refractivity contribution in [2.45, 2.75) is 23.6 Å². The number of hydrogen-bond donors (Lipinski definition) is 2. The van der Waals surface area contributed by atoms with E-state index in [9.17, 15) is 26.6 Å². The van der Waals surface area contributed by atoms with E-state index in [1.165, 1.54) is 56.7 Å². The quantitative estimate of drug-likeness (QED) is 0.256. The van der Waals surface area contributed by atoms with Crippen LogP contribution in [0.4, 0.5) is 8.78 Å². The van der Waals surface area contributed by atoms with Crippen molar-refractivity contribution in [2.24, 2.45) is 0 Å². The molecule has 0 aliphatic heterocycles. The lowest BCUT2D eigenvalue weighted by molar-refractivity contribution is 0.0565. The fraction of sp³-hybridized carbons (Fsp3) is 0.208. The summed E-state index contributed by atoms with van der Waals surface area (Å²) in [7, 11) is -7.58. The second-order valence-corrected chi connectivity index (χ2v) is 12.0. The zero-order chi connectivity index (χ0) is 28.3. The van der Waals surface area contributed by atoms with Crippen LogP contribution in [0.1, 0.15) is 27.0 Å². The molecule has 204 valence electrons. The molecule has 0 aromatic heterocycles. The van der Waals surface area contributed by atoms with Crippen molar-refractivity contribution in [3.05, 3.63) is 94.0 Å². The van der Waals surface area contributed by atoms with Crippen LogP contribution >= 0.6 is 19.2 Å². The second-order valence-electron chi connectivity index (χ2n) is 8.01. The zero-order valence-corrected chi connectivity index (χ0v) is 22.5. The van der Waals surface area contributed by atoms with Crippen molar-refractivity contribution in [1.82, 2.24) is 4.31 Å². The van der Waals surface area contributed by atoms with Crippen LogP contribution in [0.5, 0.6) is 5.75 Å². The summed E-state index contributed by atoms with van der Waals surface area (Å²) in [5.74, 6) is -0.495. The first-order valence-corrected chi connectivity index (χ1v) is 14.2. The molecular weight excluding hydrogens is 567 g/mol. The van der Waals surface area contributed by atoms with E-state index in [1.54, 1.807) is 6.07 Å². The summed E-state index contributed by atoms with van der Waals surface area (Å²) in [4.78, 5) is 29.6. The molecule has 0 fully saturated rings. The molecule has 0 atom stereocenters. The number of sulfonamides is 1. The van der Waals surface area contributed by atoms with Crippen molar-refractivity contribution in [3.63, 3.8) is 0 Å². The van der Waals surface area contributed by atoms with E-state index in [0.717, 1.165) is 22.5 Å². The maximum atomic E-state index is 14.2. The Bertz CT molecular complexity index is 1480. The monoisotopic (exact) mass is 589 g/mol. The molecular formula is C24H23ClF2NO8PS. The largest absolute Gasteiger partial charge is 0.495 e. The molecule has 2 N–H and O–H groups in total. The number of carbonyl (C=O) groups excluding carboxylic acids is 1. The van der Waals surface area contributed by atoms with Crippen LogP contribution in [0.2, 0.25) is 5.02 Å². The molecule has 9 nitrogen and oxygen atoms in total. The van der Waals surface area contributed by atoms with Gasteiger partial charge in [-0.2, -0.15) is 13.1 Å². The molecule has 3 aromatic rings. The van der Waals surface area contributed by atoms with Gasteiger partial charge in [-0.3, -0.25) is 4.57 Å². The summed E-state index contributed by atoms with van der Waals surface area (Å²) in [5.41, 5.74) is -4.71. The Morgan fingerprint density at radius 1 is 1.00 bits per heavy atom. The number of ether oxygens (including phenoxy) is 2. The third kappa shape index (κ3) is 6.23. The van der Waals surface area contributed by atoms with Gasteiger partial charge >= 0.3 is 19.2 Å². The number of esters is 1. The summed E-state index contributed by atoms with van der Waals surface area (Å²) in [5, 5.41) is -0.645. The number of rotatable bonds is 10. The average molecular weight is 590 g/mol. The van der Waals surface area contributed by atoms with Gasteiger partial charge in [0.05, 0.1) is 30.4 Å². The van der Waals surface area contributed by atoms with Crippen LogP contribution in [0.3, 0.4) is 0 Å². The normalized spacial score (nSPS) is 12.4. The van der Waals surface area contributed by atoms with Crippen molar-refractivity contribution in [1.29, 1.82) is 0 Å². The summed E-state index contributed by atoms with van der Waals surface area (Å²) >= 11 is 5.95. The zero-order valence-electron chi connectivity index (χ0n) is 20.0. The van der Waals surface area contributed by atoms with Crippen LogP contribution in [-0.2, 0) is 38.1 Å². The Balaban J connectivity index is 2.04. The van der Waals surface area contributed by atoms with Crippen LogP contribution in [-0.4, -0.2) is 42.7 Å². The summed E-state index contributed by atoms with van der Waals surface area (Å²) in [6.07, 6.45) is 0. The number of para-hydroxylation sites is 1. The number of halogens is 3. The lowest BCUT2D eigenvalue weighted by atomic mass is 10.1. The van der Waals surface area contributed by atoms with Gasteiger partial charge in [-0.05, 0) is 41.5 Å². The Labute approximate surface area is 222 Å². The first-order chi connectivity index (χ1) is 17.7. The molecule has 0 saturated carbocycles. The highest BCUT2D eigenvalue weighted by Gasteiger charge is 2.51. The van der Waals surface area contributed by atoms with Crippen LogP contribution in [0.15, 0.2) is 71.6 Å². The van der Waals surface area contributed by atoms with Gasteiger partial charge < -0.3 is 19.3 Å². The molecule has 0 aliphatic rings. The molecule has 0 aliphatic carbocycles. The molecule has 0 saturated heterocycles. The van der Waals surface area contributed by atoms with E-state index in [-0.39, 0.29) is 34.9 Å². The fourth-order valence-electron chi connectivity index (χ4n) is 3.53. The second kappa shape index (κ2) is 11.5. The molecule has 3 rings (SSSR count). The van der Waals surface area contributed by atoms with Gasteiger partial charge in [-0.25, -0.2) is 13.2 Å². The Hall–Kier alpha value is -2.86. The van der Waals surface area contributed by atoms with E-state index < -0.39 is 39.8 Å². The molecule has 0 bridgehead atoms. The summed E-state index contributed by atoms with van der Waals surface area (Å²) in [6.45, 7) is -0.541. The van der Waals surface area contributed by atoms with Gasteiger partial charge in [0.1, 0.15) is 10.6 Å². The number of carbonyl (C=O) groups is 1. The molecule has 38 heavy (non-hydrogen) atoms. The van der Waals surface area contributed by atoms with Crippen LogP contribution in [0, 0.1) is 0 Å². The molecule has 0 spiro atoms. The van der Waals surface area contributed by atoms with Crippen molar-refractivity contribution < 1.29 is 45.8 Å². The lowest BCUT2D eigenvalue weighted by Crippen LogP contribution is -2.30. The van der Waals surface area contributed by atoms with Crippen molar-refractivity contribution in [3.8, 4) is 5.75 Å². The van der Waals surface area contributed by atoms with E-state index in [4.69, 9.17) is 26.1 Å². The number of hydrogen-bond acceptors (Lipinski definition) is 6. The molecule has 0 amide bonds. The first-order valence-electron chi connectivity index (χ1n) is 10.7. The summed E-state index contributed by atoms with van der Waals surface area (Å²) < 4.78 is 78.0. The fourth-order valence-corrected chi connectivity index (χ4v) is 5.99. The van der Waals surface area contributed by atoms with Gasteiger partial charge in [0.25, 0.3) is 0 Å². The minimum absolute atomic E-state index is 0.0770. The standard InChI is InChI=1S/C24H23ClF2NO8PS/c1-35-21-5-3-4-6-22(21)38(33,34)28(14-16-7-10-18(11-8-16)23(29)36-2)15-17-9-12-19(20(25)13-17)24(26,27)37(30,31)32/h3-13H,14-15H2,1-2H3,(H2,30,31,32). The third-order valence-electron chi connectivity index (χ3n) is 5.50. The first kappa shape index (κ1) is 29.7. The van der Waals surface area contributed by atoms with Gasteiger partial charge in [0.2, 0.25) is 10.0 Å². The highest BCUT2D eigenvalue weighted by atomic mass is 35.5. The van der Waals surface area contributed by atoms with E-state index >= 15 is 0 Å². The highest BCUT2D eigenvalue weighted by molar-refractivity contribution is 7.89. The maximum Gasteiger partial charge on any atom is 0.399 e. The molecule has 0 radical (unpaired) electrons. The number of benzene rings is 3. The molecule has 14 heteroatoms. The van der Waals surface area contributed by atoms with Crippen molar-refractivity contribution in [2.75, 3.05) is 14.2 Å². The van der Waals surface area contributed by atoms with Crippen LogP contribution in [0.25, 0.3) is 0 Å². The average Bonchev–Trinajstić information content (AvgIpc) is 2.87. The Morgan fingerprint density at radius 3 is 2.13 bits per heavy atom. The Morgan fingerprint density at radius 2 is 1.58 bits per heavy atom. The highest BCUT2D eigenvalue weighted by Crippen LogP contribution is 2.60. The van der Waals surface area contributed by atoms with Gasteiger partial charge in [0.15, 0.2) is 0 Å². The SMILES string of the molecule is COC(=O)c1ccc(CN(Cc2ccc(C(F)(F)P(=O)(O)O)c(Cl)c2)S(=O)(=O)c2ccccc2OC)cc1. The predicted octanol–water partition coefficient (Wildman–Crippen LogP) is 4.75. The number of nitrogens with zero attached hydrogens (tertiary/aromatic N) is 1. The lowest BCUT2D eigenvalue weighted by Gasteiger charge is -2.24. The van der Waals surface area contributed by atoms with Gasteiger partial charge in [-0.15, -0.1) is 0 Å². The summed E-state index contributed by atoms with van der Waals surface area (Å²) in [6, 6.07) is 14.8. The maximum absolute atomic E-state index is 14.2. The molecule has 0 unspecified atom stereocenters. The number of methoxy groups -OCH3 is 2. The third-order valence-corrected chi connectivity index (χ3v) is 8.62. The topological polar surface area (TPSA) is 130 Å². The minimum Gasteiger partial charge on any atom is -0.495 e. The minimum atomic E-state index is -5.87. The van der Waals surface area contributed by atoms with Gasteiger partial charge in [0, 0.05) is 13.1 Å². The smallest absolute Gasteiger partial charge is 0.399 e. The predicted molar refractivity (Wildman–Crippen MR) is 135 cm³/mol. The van der Waals surface area contributed by atoms with E-state index in [2.05, 4.69) is 4.74 Å². The molecule has 3 aromatic carbocycles.